The first-order valence-electron chi connectivity index (χ1n) is 9.08. The number of ketones is 1. The molecule has 138 valence electrons. The van der Waals surface area contributed by atoms with Gasteiger partial charge in [0.1, 0.15) is 11.5 Å². The van der Waals surface area contributed by atoms with Gasteiger partial charge >= 0.3 is 0 Å². The van der Waals surface area contributed by atoms with E-state index in [9.17, 15) is 9.90 Å². The summed E-state index contributed by atoms with van der Waals surface area (Å²) in [7, 11) is 1.84. The number of aryl methyl sites for hydroxylation is 1. The summed E-state index contributed by atoms with van der Waals surface area (Å²) in [4.78, 5) is 12.4. The Morgan fingerprint density at radius 3 is 2.50 bits per heavy atom. The smallest absolute Gasteiger partial charge is 0.185 e. The third-order valence-corrected chi connectivity index (χ3v) is 4.06. The van der Waals surface area contributed by atoms with Crippen LogP contribution in [0.2, 0.25) is 0 Å². The van der Waals surface area contributed by atoms with Crippen LogP contribution in [0.25, 0.3) is 6.08 Å². The van der Waals surface area contributed by atoms with Gasteiger partial charge in [-0.3, -0.25) is 4.79 Å². The van der Waals surface area contributed by atoms with Crippen molar-refractivity contribution in [3.05, 3.63) is 59.2 Å². The zero-order valence-corrected chi connectivity index (χ0v) is 15.7. The second-order valence-electron chi connectivity index (χ2n) is 6.14. The molecule has 0 saturated heterocycles. The normalized spacial score (nSPS) is 10.9. The van der Waals surface area contributed by atoms with E-state index in [0.29, 0.717) is 17.9 Å². The minimum Gasteiger partial charge on any atom is -0.508 e. The molecule has 2 rings (SSSR count). The molecule has 2 aromatic carbocycles. The highest BCUT2D eigenvalue weighted by Crippen LogP contribution is 2.30. The molecule has 2 aromatic rings. The maximum Gasteiger partial charge on any atom is 0.185 e. The number of aromatic hydroxyl groups is 1. The third kappa shape index (κ3) is 5.12. The Morgan fingerprint density at radius 2 is 1.88 bits per heavy atom. The predicted octanol–water partition coefficient (Wildman–Crippen LogP) is 5.07. The van der Waals surface area contributed by atoms with Gasteiger partial charge in [-0.25, -0.2) is 0 Å². The van der Waals surface area contributed by atoms with Crippen molar-refractivity contribution in [1.29, 1.82) is 0 Å². The maximum absolute atomic E-state index is 12.4. The summed E-state index contributed by atoms with van der Waals surface area (Å²) < 4.78 is 5.74. The number of rotatable bonds is 9. The molecule has 2 N–H and O–H groups in total. The van der Waals surface area contributed by atoms with E-state index in [4.69, 9.17) is 4.74 Å². The molecule has 0 atom stereocenters. The Labute approximate surface area is 155 Å². The average Bonchev–Trinajstić information content (AvgIpc) is 2.66. The molecule has 0 bridgehead atoms. The van der Waals surface area contributed by atoms with Crippen molar-refractivity contribution in [2.24, 2.45) is 0 Å². The molecule has 0 aliphatic rings. The van der Waals surface area contributed by atoms with Crippen LogP contribution in [0.4, 0.5) is 5.69 Å². The lowest BCUT2D eigenvalue weighted by Gasteiger charge is -2.12. The van der Waals surface area contributed by atoms with Gasteiger partial charge in [0.2, 0.25) is 0 Å². The van der Waals surface area contributed by atoms with Gasteiger partial charge in [0.25, 0.3) is 0 Å². The fourth-order valence-electron chi connectivity index (χ4n) is 2.63. The lowest BCUT2D eigenvalue weighted by atomic mass is 10.0. The van der Waals surface area contributed by atoms with Gasteiger partial charge in [0.15, 0.2) is 5.78 Å². The molecule has 26 heavy (non-hydrogen) atoms. The summed E-state index contributed by atoms with van der Waals surface area (Å²) in [5, 5.41) is 13.2. The molecule has 0 aromatic heterocycles. The zero-order chi connectivity index (χ0) is 18.9. The number of anilines is 1. The van der Waals surface area contributed by atoms with E-state index in [2.05, 4.69) is 12.2 Å². The number of hydrogen-bond acceptors (Lipinski definition) is 4. The van der Waals surface area contributed by atoms with E-state index in [1.165, 1.54) is 0 Å². The number of carbonyl (C=O) groups is 1. The summed E-state index contributed by atoms with van der Waals surface area (Å²) in [5.74, 6) is 0.766. The first kappa shape index (κ1) is 19.6. The first-order chi connectivity index (χ1) is 12.6. The Balaban J connectivity index is 2.27. The number of carbonyl (C=O) groups excluding carboxylic acids is 1. The van der Waals surface area contributed by atoms with Crippen LogP contribution in [-0.4, -0.2) is 24.5 Å². The van der Waals surface area contributed by atoms with E-state index in [1.807, 2.05) is 32.2 Å². The van der Waals surface area contributed by atoms with Crippen molar-refractivity contribution in [3.63, 3.8) is 0 Å². The van der Waals surface area contributed by atoms with Gasteiger partial charge in [0, 0.05) is 29.9 Å². The number of allylic oxidation sites excluding steroid dienone is 1. The van der Waals surface area contributed by atoms with E-state index in [-0.39, 0.29) is 11.5 Å². The molecule has 0 unspecified atom stereocenters. The molecular weight excluding hydrogens is 326 g/mol. The van der Waals surface area contributed by atoms with Crippen molar-refractivity contribution in [2.75, 3.05) is 19.0 Å². The van der Waals surface area contributed by atoms with Gasteiger partial charge in [-0.05, 0) is 60.9 Å². The van der Waals surface area contributed by atoms with Gasteiger partial charge in [-0.2, -0.15) is 0 Å². The predicted molar refractivity (Wildman–Crippen MR) is 107 cm³/mol. The van der Waals surface area contributed by atoms with Crippen molar-refractivity contribution < 1.29 is 14.6 Å². The molecular formula is C22H27NO3. The summed E-state index contributed by atoms with van der Waals surface area (Å²) in [6, 6.07) is 10.9. The lowest BCUT2D eigenvalue weighted by molar-refractivity contribution is 0.104. The molecule has 0 aliphatic heterocycles. The summed E-state index contributed by atoms with van der Waals surface area (Å²) in [6.07, 6.45) is 5.90. The summed E-state index contributed by atoms with van der Waals surface area (Å²) in [5.41, 5.74) is 3.26. The second kappa shape index (κ2) is 9.66. The van der Waals surface area contributed by atoms with Gasteiger partial charge in [-0.15, -0.1) is 0 Å². The molecule has 0 saturated carbocycles. The van der Waals surface area contributed by atoms with Crippen LogP contribution >= 0.6 is 0 Å². The molecule has 4 nitrogen and oxygen atoms in total. The SMILES string of the molecule is CCCOc1cc(O)c(CCC)cc1/C=C/C(=O)c1ccc(NC)cc1. The first-order valence-corrected chi connectivity index (χ1v) is 9.08. The second-order valence-corrected chi connectivity index (χ2v) is 6.14. The number of phenolic OH excluding ortho intramolecular Hbond substituents is 1. The number of nitrogens with one attached hydrogen (secondary N) is 1. The number of ether oxygens (including phenoxy) is 1. The average molecular weight is 353 g/mol. The minimum atomic E-state index is -0.0702. The van der Waals surface area contributed by atoms with Crippen LogP contribution in [0.3, 0.4) is 0 Å². The lowest BCUT2D eigenvalue weighted by Crippen LogP contribution is -1.99. The Hall–Kier alpha value is -2.75. The topological polar surface area (TPSA) is 58.6 Å². The number of hydrogen-bond donors (Lipinski definition) is 2. The largest absolute Gasteiger partial charge is 0.508 e. The zero-order valence-electron chi connectivity index (χ0n) is 15.7. The Morgan fingerprint density at radius 1 is 1.15 bits per heavy atom. The van der Waals surface area contributed by atoms with Gasteiger partial charge in [0.05, 0.1) is 6.61 Å². The van der Waals surface area contributed by atoms with Crippen molar-refractivity contribution in [3.8, 4) is 11.5 Å². The van der Waals surface area contributed by atoms with Crippen molar-refractivity contribution >= 4 is 17.5 Å². The third-order valence-electron chi connectivity index (χ3n) is 4.06. The maximum atomic E-state index is 12.4. The standard InChI is InChI=1S/C22H27NO3/c1-4-6-17-14-18(22(15-21(17)25)26-13-5-2)9-12-20(24)16-7-10-19(23-3)11-8-16/h7-12,14-15,23,25H,4-6,13H2,1-3H3/b12-9+. The van der Waals surface area contributed by atoms with Crippen LogP contribution in [0.5, 0.6) is 11.5 Å². The molecule has 0 amide bonds. The molecule has 0 aliphatic carbocycles. The van der Waals surface area contributed by atoms with Crippen LogP contribution in [-0.2, 0) is 6.42 Å². The fraction of sp³-hybridized carbons (Fsp3) is 0.318. The summed E-state index contributed by atoms with van der Waals surface area (Å²) in [6.45, 7) is 4.65. The van der Waals surface area contributed by atoms with Crippen LogP contribution in [0.1, 0.15) is 48.2 Å². The number of phenols is 1. The molecule has 0 radical (unpaired) electrons. The van der Waals surface area contributed by atoms with Gasteiger partial charge in [-0.1, -0.05) is 20.3 Å². The van der Waals surface area contributed by atoms with Crippen molar-refractivity contribution in [1.82, 2.24) is 0 Å². The van der Waals surface area contributed by atoms with Crippen LogP contribution in [0.15, 0.2) is 42.5 Å². The quantitative estimate of drug-likeness (QED) is 0.488. The van der Waals surface area contributed by atoms with Gasteiger partial charge < -0.3 is 15.2 Å². The highest BCUT2D eigenvalue weighted by Gasteiger charge is 2.09. The van der Waals surface area contributed by atoms with E-state index >= 15 is 0 Å². The monoisotopic (exact) mass is 353 g/mol. The van der Waals surface area contributed by atoms with E-state index in [0.717, 1.165) is 36.1 Å². The molecule has 0 fully saturated rings. The molecule has 0 spiro atoms. The Kier molecular flexibility index (Phi) is 7.27. The summed E-state index contributed by atoms with van der Waals surface area (Å²) >= 11 is 0. The molecule has 0 heterocycles. The van der Waals surface area contributed by atoms with Crippen molar-refractivity contribution in [2.45, 2.75) is 33.1 Å². The highest BCUT2D eigenvalue weighted by molar-refractivity contribution is 6.07. The minimum absolute atomic E-state index is 0.0702. The van der Waals surface area contributed by atoms with E-state index < -0.39 is 0 Å². The fourth-order valence-corrected chi connectivity index (χ4v) is 2.63. The number of benzene rings is 2. The highest BCUT2D eigenvalue weighted by atomic mass is 16.5. The molecule has 4 heteroatoms. The van der Waals surface area contributed by atoms with Crippen LogP contribution < -0.4 is 10.1 Å². The van der Waals surface area contributed by atoms with Crippen LogP contribution in [0, 0.1) is 0 Å². The Bertz CT molecular complexity index is 764. The van der Waals surface area contributed by atoms with E-state index in [1.54, 1.807) is 30.4 Å².